The Bertz CT molecular complexity index is 317. The second-order valence-corrected chi connectivity index (χ2v) is 4.29. The third-order valence-corrected chi connectivity index (χ3v) is 3.43. The molecule has 1 N–H and O–H groups in total. The Kier molecular flexibility index (Phi) is 2.31. The molecule has 1 saturated heterocycles. The summed E-state index contributed by atoms with van der Waals surface area (Å²) in [4.78, 5) is 11.6. The Morgan fingerprint density at radius 3 is 2.92 bits per heavy atom. The zero-order chi connectivity index (χ0) is 9.26. The first-order valence-electron chi connectivity index (χ1n) is 4.27. The van der Waals surface area contributed by atoms with E-state index in [-0.39, 0.29) is 5.91 Å². The SMILES string of the molecule is Cn1cccc1C(=O)NC1CSC1. The van der Waals surface area contributed by atoms with Gasteiger partial charge in [-0.2, -0.15) is 11.8 Å². The van der Waals surface area contributed by atoms with Gasteiger partial charge in [0.15, 0.2) is 0 Å². The Labute approximate surface area is 81.5 Å². The van der Waals surface area contributed by atoms with Gasteiger partial charge in [-0.3, -0.25) is 4.79 Å². The molecular formula is C9H12N2OS. The van der Waals surface area contributed by atoms with E-state index in [1.54, 1.807) is 0 Å². The first-order chi connectivity index (χ1) is 6.27. The van der Waals surface area contributed by atoms with Gasteiger partial charge in [-0.25, -0.2) is 0 Å². The summed E-state index contributed by atoms with van der Waals surface area (Å²) in [5.41, 5.74) is 0.733. The predicted molar refractivity (Wildman–Crippen MR) is 54.0 cm³/mol. The number of aromatic nitrogens is 1. The smallest absolute Gasteiger partial charge is 0.268 e. The van der Waals surface area contributed by atoms with E-state index >= 15 is 0 Å². The molecule has 2 rings (SSSR count). The lowest BCUT2D eigenvalue weighted by molar-refractivity contribution is 0.0934. The van der Waals surface area contributed by atoms with Crippen molar-refractivity contribution in [3.8, 4) is 0 Å². The highest BCUT2D eigenvalue weighted by atomic mass is 32.2. The van der Waals surface area contributed by atoms with Gasteiger partial charge in [0.2, 0.25) is 0 Å². The first-order valence-corrected chi connectivity index (χ1v) is 5.43. The van der Waals surface area contributed by atoms with Crippen LogP contribution >= 0.6 is 11.8 Å². The van der Waals surface area contributed by atoms with E-state index in [1.165, 1.54) is 0 Å². The van der Waals surface area contributed by atoms with E-state index in [0.717, 1.165) is 17.2 Å². The fraction of sp³-hybridized carbons (Fsp3) is 0.444. The van der Waals surface area contributed by atoms with Crippen LogP contribution < -0.4 is 5.32 Å². The van der Waals surface area contributed by atoms with E-state index in [9.17, 15) is 4.79 Å². The summed E-state index contributed by atoms with van der Waals surface area (Å²) in [6, 6.07) is 4.10. The molecule has 0 aromatic carbocycles. The summed E-state index contributed by atoms with van der Waals surface area (Å²) in [6.45, 7) is 0. The molecule has 0 aliphatic carbocycles. The molecular weight excluding hydrogens is 184 g/mol. The van der Waals surface area contributed by atoms with Crippen LogP contribution in [0.1, 0.15) is 10.5 Å². The summed E-state index contributed by atoms with van der Waals surface area (Å²) in [5, 5.41) is 2.98. The van der Waals surface area contributed by atoms with Crippen molar-refractivity contribution < 1.29 is 4.79 Å². The van der Waals surface area contributed by atoms with Crippen molar-refractivity contribution in [2.45, 2.75) is 6.04 Å². The molecule has 1 aromatic heterocycles. The molecule has 1 amide bonds. The summed E-state index contributed by atoms with van der Waals surface area (Å²) in [7, 11) is 1.88. The maximum Gasteiger partial charge on any atom is 0.268 e. The van der Waals surface area contributed by atoms with Crippen LogP contribution in [-0.4, -0.2) is 28.0 Å². The van der Waals surface area contributed by atoms with Gasteiger partial charge < -0.3 is 9.88 Å². The second-order valence-electron chi connectivity index (χ2n) is 3.21. The average molecular weight is 196 g/mol. The van der Waals surface area contributed by atoms with Crippen LogP contribution in [0.2, 0.25) is 0 Å². The number of aryl methyl sites for hydroxylation is 1. The maximum atomic E-state index is 11.6. The van der Waals surface area contributed by atoms with E-state index in [1.807, 2.05) is 41.7 Å². The van der Waals surface area contributed by atoms with Crippen LogP contribution in [0.3, 0.4) is 0 Å². The van der Waals surface area contributed by atoms with Crippen molar-refractivity contribution in [2.75, 3.05) is 11.5 Å². The molecule has 0 bridgehead atoms. The van der Waals surface area contributed by atoms with E-state index in [4.69, 9.17) is 0 Å². The van der Waals surface area contributed by atoms with Gasteiger partial charge in [-0.1, -0.05) is 0 Å². The zero-order valence-corrected chi connectivity index (χ0v) is 8.30. The van der Waals surface area contributed by atoms with Crippen LogP contribution in [0.4, 0.5) is 0 Å². The highest BCUT2D eigenvalue weighted by molar-refractivity contribution is 8.00. The molecule has 1 aliphatic heterocycles. The van der Waals surface area contributed by atoms with Gasteiger partial charge in [-0.05, 0) is 12.1 Å². The summed E-state index contributed by atoms with van der Waals surface area (Å²) >= 11 is 1.87. The highest BCUT2D eigenvalue weighted by Gasteiger charge is 2.21. The van der Waals surface area contributed by atoms with Crippen LogP contribution in [0.25, 0.3) is 0 Å². The molecule has 1 aliphatic rings. The van der Waals surface area contributed by atoms with Gasteiger partial charge in [0.25, 0.3) is 5.91 Å². The van der Waals surface area contributed by atoms with Gasteiger partial charge in [0, 0.05) is 30.8 Å². The summed E-state index contributed by atoms with van der Waals surface area (Å²) in [5.74, 6) is 2.14. The Morgan fingerprint density at radius 2 is 2.46 bits per heavy atom. The highest BCUT2D eigenvalue weighted by Crippen LogP contribution is 2.17. The Balaban J connectivity index is 2.00. The molecule has 3 nitrogen and oxygen atoms in total. The topological polar surface area (TPSA) is 34.0 Å². The third-order valence-electron chi connectivity index (χ3n) is 2.15. The van der Waals surface area contributed by atoms with Crippen LogP contribution in [0, 0.1) is 0 Å². The first kappa shape index (κ1) is 8.69. The van der Waals surface area contributed by atoms with Crippen molar-refractivity contribution >= 4 is 17.7 Å². The summed E-state index contributed by atoms with van der Waals surface area (Å²) in [6.07, 6.45) is 1.88. The van der Waals surface area contributed by atoms with E-state index in [0.29, 0.717) is 6.04 Å². The molecule has 4 heteroatoms. The largest absolute Gasteiger partial charge is 0.347 e. The molecule has 0 radical (unpaired) electrons. The van der Waals surface area contributed by atoms with E-state index in [2.05, 4.69) is 5.32 Å². The van der Waals surface area contributed by atoms with Crippen molar-refractivity contribution in [2.24, 2.45) is 7.05 Å². The minimum atomic E-state index is 0.0396. The Morgan fingerprint density at radius 1 is 1.69 bits per heavy atom. The van der Waals surface area contributed by atoms with Crippen LogP contribution in [0.15, 0.2) is 18.3 Å². The summed E-state index contributed by atoms with van der Waals surface area (Å²) < 4.78 is 1.83. The standard InChI is InChI=1S/C9H12N2OS/c1-11-4-2-3-8(11)9(12)10-7-5-13-6-7/h2-4,7H,5-6H2,1H3,(H,10,12). The number of amides is 1. The van der Waals surface area contributed by atoms with Crippen molar-refractivity contribution in [3.63, 3.8) is 0 Å². The lowest BCUT2D eigenvalue weighted by atomic mass is 10.3. The van der Waals surface area contributed by atoms with Crippen molar-refractivity contribution in [3.05, 3.63) is 24.0 Å². The van der Waals surface area contributed by atoms with Crippen LogP contribution in [0.5, 0.6) is 0 Å². The molecule has 0 spiro atoms. The zero-order valence-electron chi connectivity index (χ0n) is 7.49. The molecule has 2 heterocycles. The van der Waals surface area contributed by atoms with Crippen molar-refractivity contribution in [1.29, 1.82) is 0 Å². The molecule has 0 saturated carbocycles. The maximum absolute atomic E-state index is 11.6. The van der Waals surface area contributed by atoms with Gasteiger partial charge in [-0.15, -0.1) is 0 Å². The average Bonchev–Trinajstić information content (AvgIpc) is 2.43. The van der Waals surface area contributed by atoms with Crippen LogP contribution in [-0.2, 0) is 7.05 Å². The van der Waals surface area contributed by atoms with E-state index < -0.39 is 0 Å². The quantitative estimate of drug-likeness (QED) is 0.761. The minimum Gasteiger partial charge on any atom is -0.347 e. The second kappa shape index (κ2) is 3.46. The Hall–Kier alpha value is -0.900. The molecule has 1 fully saturated rings. The lowest BCUT2D eigenvalue weighted by Gasteiger charge is -2.25. The third kappa shape index (κ3) is 1.72. The van der Waals surface area contributed by atoms with Gasteiger partial charge in [0.1, 0.15) is 5.69 Å². The molecule has 1 aromatic rings. The number of hydrogen-bond donors (Lipinski definition) is 1. The number of rotatable bonds is 2. The predicted octanol–water partition coefficient (Wildman–Crippen LogP) is 0.870. The number of thioether (sulfide) groups is 1. The monoisotopic (exact) mass is 196 g/mol. The fourth-order valence-electron chi connectivity index (χ4n) is 1.28. The molecule has 0 unspecified atom stereocenters. The number of hydrogen-bond acceptors (Lipinski definition) is 2. The number of carbonyl (C=O) groups is 1. The normalized spacial score (nSPS) is 16.7. The number of nitrogens with one attached hydrogen (secondary N) is 1. The van der Waals surface area contributed by atoms with Gasteiger partial charge >= 0.3 is 0 Å². The van der Waals surface area contributed by atoms with Gasteiger partial charge in [0.05, 0.1) is 0 Å². The molecule has 70 valence electrons. The number of nitrogens with zero attached hydrogens (tertiary/aromatic N) is 1. The number of carbonyl (C=O) groups excluding carboxylic acids is 1. The van der Waals surface area contributed by atoms with Crippen molar-refractivity contribution in [1.82, 2.24) is 9.88 Å². The lowest BCUT2D eigenvalue weighted by Crippen LogP contribution is -2.44. The molecule has 13 heavy (non-hydrogen) atoms. The fourth-order valence-corrected chi connectivity index (χ4v) is 1.91. The minimum absolute atomic E-state index is 0.0396. The molecule has 0 atom stereocenters.